The Morgan fingerprint density at radius 3 is 2.81 bits per heavy atom. The van der Waals surface area contributed by atoms with E-state index in [1.165, 1.54) is 17.6 Å². The summed E-state index contributed by atoms with van der Waals surface area (Å²) in [5.74, 6) is 0. The third-order valence-corrected chi connectivity index (χ3v) is 3.60. The number of allylic oxidation sites excluding steroid dienone is 4. The Bertz CT molecular complexity index is 302. The summed E-state index contributed by atoms with van der Waals surface area (Å²) in [6.07, 6.45) is 12.3. The second kappa shape index (κ2) is 6.97. The zero-order chi connectivity index (χ0) is 12.0. The molecule has 0 amide bonds. The van der Waals surface area contributed by atoms with Gasteiger partial charge in [-0.2, -0.15) is 12.6 Å². The molecule has 0 aromatic carbocycles. The smallest absolute Gasteiger partial charge is 0.0784 e. The SMILES string of the molecule is C/C=C\C1=C(/C=C\CC)CCCN(C)C1S. The van der Waals surface area contributed by atoms with Crippen LogP contribution in [0.3, 0.4) is 0 Å². The van der Waals surface area contributed by atoms with Gasteiger partial charge in [0.25, 0.3) is 0 Å². The predicted octanol–water partition coefficient (Wildman–Crippen LogP) is 3.81. The number of hydrogen-bond donors (Lipinski definition) is 1. The molecule has 0 bridgehead atoms. The molecule has 0 radical (unpaired) electrons. The van der Waals surface area contributed by atoms with Crippen LogP contribution in [0.1, 0.15) is 33.1 Å². The second-order valence-corrected chi connectivity index (χ2v) is 4.74. The summed E-state index contributed by atoms with van der Waals surface area (Å²) in [6, 6.07) is 0. The highest BCUT2D eigenvalue weighted by atomic mass is 32.1. The van der Waals surface area contributed by atoms with Gasteiger partial charge in [0.05, 0.1) is 5.37 Å². The molecule has 0 aliphatic carbocycles. The fourth-order valence-electron chi connectivity index (χ4n) is 2.00. The molecular formula is C14H23NS. The Morgan fingerprint density at radius 2 is 2.19 bits per heavy atom. The van der Waals surface area contributed by atoms with Crippen LogP contribution in [0.4, 0.5) is 0 Å². The molecule has 0 aromatic rings. The van der Waals surface area contributed by atoms with Crippen molar-refractivity contribution in [2.24, 2.45) is 0 Å². The summed E-state index contributed by atoms with van der Waals surface area (Å²) < 4.78 is 0. The lowest BCUT2D eigenvalue weighted by Crippen LogP contribution is -2.28. The first-order chi connectivity index (χ1) is 7.70. The molecule has 1 atom stereocenters. The van der Waals surface area contributed by atoms with Gasteiger partial charge in [-0.15, -0.1) is 0 Å². The van der Waals surface area contributed by atoms with E-state index < -0.39 is 0 Å². The number of hydrogen-bond acceptors (Lipinski definition) is 2. The van der Waals surface area contributed by atoms with Crippen molar-refractivity contribution in [1.29, 1.82) is 0 Å². The Hall–Kier alpha value is -0.470. The van der Waals surface area contributed by atoms with E-state index in [1.807, 2.05) is 0 Å². The van der Waals surface area contributed by atoms with Crippen LogP contribution in [0.25, 0.3) is 0 Å². The van der Waals surface area contributed by atoms with Gasteiger partial charge >= 0.3 is 0 Å². The molecule has 2 heteroatoms. The molecule has 0 spiro atoms. The minimum absolute atomic E-state index is 0.232. The van der Waals surface area contributed by atoms with Gasteiger partial charge < -0.3 is 0 Å². The van der Waals surface area contributed by atoms with Crippen LogP contribution in [0.15, 0.2) is 35.5 Å². The van der Waals surface area contributed by atoms with E-state index in [1.54, 1.807) is 0 Å². The molecule has 16 heavy (non-hydrogen) atoms. The highest BCUT2D eigenvalue weighted by Crippen LogP contribution is 2.26. The largest absolute Gasteiger partial charge is 0.291 e. The van der Waals surface area contributed by atoms with Crippen LogP contribution >= 0.6 is 12.6 Å². The van der Waals surface area contributed by atoms with Crippen molar-refractivity contribution in [2.75, 3.05) is 13.6 Å². The van der Waals surface area contributed by atoms with Crippen molar-refractivity contribution >= 4 is 12.6 Å². The van der Waals surface area contributed by atoms with E-state index in [4.69, 9.17) is 12.6 Å². The van der Waals surface area contributed by atoms with Crippen molar-refractivity contribution < 1.29 is 0 Å². The first-order valence-electron chi connectivity index (χ1n) is 6.11. The van der Waals surface area contributed by atoms with E-state index in [2.05, 4.69) is 50.1 Å². The zero-order valence-corrected chi connectivity index (χ0v) is 11.5. The minimum Gasteiger partial charge on any atom is -0.291 e. The molecule has 0 fully saturated rings. The Kier molecular flexibility index (Phi) is 5.93. The zero-order valence-electron chi connectivity index (χ0n) is 10.6. The van der Waals surface area contributed by atoms with Crippen LogP contribution in [-0.4, -0.2) is 23.9 Å². The topological polar surface area (TPSA) is 3.24 Å². The highest BCUT2D eigenvalue weighted by molar-refractivity contribution is 7.81. The predicted molar refractivity (Wildman–Crippen MR) is 75.9 cm³/mol. The molecule has 1 aliphatic heterocycles. The van der Waals surface area contributed by atoms with Crippen LogP contribution in [0.5, 0.6) is 0 Å². The standard InChI is InChI=1S/C14H23NS/c1-4-6-9-12-10-7-11-15(3)14(16)13(12)8-5-2/h5-6,8-9,14,16H,4,7,10-11H2,1-3H3/b8-5-,9-6-. The Labute approximate surface area is 105 Å². The van der Waals surface area contributed by atoms with Crippen LogP contribution < -0.4 is 0 Å². The van der Waals surface area contributed by atoms with E-state index >= 15 is 0 Å². The third kappa shape index (κ3) is 3.53. The lowest BCUT2D eigenvalue weighted by molar-refractivity contribution is 0.346. The summed E-state index contributed by atoms with van der Waals surface area (Å²) in [7, 11) is 2.15. The maximum atomic E-state index is 4.72. The van der Waals surface area contributed by atoms with Crippen molar-refractivity contribution in [3.63, 3.8) is 0 Å². The molecular weight excluding hydrogens is 214 g/mol. The van der Waals surface area contributed by atoms with Gasteiger partial charge in [0.2, 0.25) is 0 Å². The number of thiol groups is 1. The van der Waals surface area contributed by atoms with E-state index in [-0.39, 0.29) is 5.37 Å². The van der Waals surface area contributed by atoms with E-state index in [0.29, 0.717) is 0 Å². The Morgan fingerprint density at radius 1 is 1.44 bits per heavy atom. The van der Waals surface area contributed by atoms with Gasteiger partial charge in [-0.05, 0) is 50.9 Å². The van der Waals surface area contributed by atoms with Gasteiger partial charge in [0.1, 0.15) is 0 Å². The van der Waals surface area contributed by atoms with Crippen molar-refractivity contribution in [1.82, 2.24) is 4.90 Å². The summed E-state index contributed by atoms with van der Waals surface area (Å²) >= 11 is 4.72. The molecule has 1 nitrogen and oxygen atoms in total. The monoisotopic (exact) mass is 237 g/mol. The molecule has 0 saturated heterocycles. The van der Waals surface area contributed by atoms with Gasteiger partial charge in [0.15, 0.2) is 0 Å². The number of nitrogens with zero attached hydrogens (tertiary/aromatic N) is 1. The fraction of sp³-hybridized carbons (Fsp3) is 0.571. The van der Waals surface area contributed by atoms with Gasteiger partial charge in [-0.3, -0.25) is 4.90 Å². The first-order valence-corrected chi connectivity index (χ1v) is 6.63. The lowest BCUT2D eigenvalue weighted by atomic mass is 10.0. The number of rotatable bonds is 3. The van der Waals surface area contributed by atoms with Gasteiger partial charge in [0, 0.05) is 0 Å². The van der Waals surface area contributed by atoms with Crippen molar-refractivity contribution in [3.05, 3.63) is 35.5 Å². The summed E-state index contributed by atoms with van der Waals surface area (Å²) in [5, 5.41) is 0.232. The molecule has 1 heterocycles. The maximum absolute atomic E-state index is 4.72. The van der Waals surface area contributed by atoms with Crippen LogP contribution in [0.2, 0.25) is 0 Å². The van der Waals surface area contributed by atoms with Gasteiger partial charge in [-0.1, -0.05) is 31.2 Å². The minimum atomic E-state index is 0.232. The molecule has 0 saturated carbocycles. The second-order valence-electron chi connectivity index (χ2n) is 4.25. The molecule has 0 aromatic heterocycles. The molecule has 90 valence electrons. The average molecular weight is 237 g/mol. The Balaban J connectivity index is 3.03. The molecule has 1 aliphatic rings. The van der Waals surface area contributed by atoms with Crippen molar-refractivity contribution in [3.8, 4) is 0 Å². The molecule has 0 N–H and O–H groups in total. The van der Waals surface area contributed by atoms with Gasteiger partial charge in [-0.25, -0.2) is 0 Å². The lowest BCUT2D eigenvalue weighted by Gasteiger charge is -2.22. The average Bonchev–Trinajstić information content (AvgIpc) is 2.41. The number of likely N-dealkylation sites (N-methyl/N-ethyl adjacent to an activating group) is 1. The normalized spacial score (nSPS) is 24.6. The summed E-state index contributed by atoms with van der Waals surface area (Å²) in [5.41, 5.74) is 2.81. The van der Waals surface area contributed by atoms with Crippen molar-refractivity contribution in [2.45, 2.75) is 38.5 Å². The summed E-state index contributed by atoms with van der Waals surface area (Å²) in [6.45, 7) is 5.37. The first kappa shape index (κ1) is 13.6. The highest BCUT2D eigenvalue weighted by Gasteiger charge is 2.19. The van der Waals surface area contributed by atoms with E-state index in [0.717, 1.165) is 19.4 Å². The quantitative estimate of drug-likeness (QED) is 0.731. The van der Waals surface area contributed by atoms with E-state index in [9.17, 15) is 0 Å². The summed E-state index contributed by atoms with van der Waals surface area (Å²) in [4.78, 5) is 2.31. The maximum Gasteiger partial charge on any atom is 0.0784 e. The fourth-order valence-corrected chi connectivity index (χ4v) is 2.37. The van der Waals surface area contributed by atoms with Crippen LogP contribution in [0, 0.1) is 0 Å². The molecule has 1 rings (SSSR count). The van der Waals surface area contributed by atoms with Crippen LogP contribution in [-0.2, 0) is 0 Å². The molecule has 1 unspecified atom stereocenters. The third-order valence-electron chi connectivity index (χ3n) is 2.92.